The molecule has 0 N–H and O–H groups in total. The number of allylic oxidation sites excluding steroid dienone is 1. The molecule has 2 aliphatic heterocycles. The highest BCUT2D eigenvalue weighted by Crippen LogP contribution is 2.26. The van der Waals surface area contributed by atoms with E-state index in [-0.39, 0.29) is 5.91 Å². The highest BCUT2D eigenvalue weighted by molar-refractivity contribution is 5.76. The number of hydrogen-bond acceptors (Lipinski definition) is 3. The molecule has 0 bridgehead atoms. The van der Waals surface area contributed by atoms with Gasteiger partial charge in [0.05, 0.1) is 13.2 Å². The van der Waals surface area contributed by atoms with Crippen molar-refractivity contribution in [2.45, 2.75) is 57.2 Å². The minimum Gasteiger partial charge on any atom is -0.375 e. The molecule has 1 amide bonds. The molecule has 4 nitrogen and oxygen atoms in total. The summed E-state index contributed by atoms with van der Waals surface area (Å²) in [4.78, 5) is 16.9. The third kappa shape index (κ3) is 5.18. The first-order valence-corrected chi connectivity index (χ1v) is 10.0. The average molecular weight is 357 g/mol. The van der Waals surface area contributed by atoms with Crippen molar-refractivity contribution in [2.75, 3.05) is 26.2 Å². The second kappa shape index (κ2) is 9.89. The lowest BCUT2D eigenvalue weighted by molar-refractivity contribution is -0.132. The molecule has 1 aromatic rings. The Morgan fingerprint density at radius 3 is 2.65 bits per heavy atom. The number of ether oxygens (including phenoxy) is 1. The molecule has 0 unspecified atom stereocenters. The maximum atomic E-state index is 12.2. The van der Waals surface area contributed by atoms with Crippen LogP contribution in [0.15, 0.2) is 43.0 Å². The van der Waals surface area contributed by atoms with Crippen LogP contribution in [-0.4, -0.2) is 54.0 Å². The molecule has 0 spiro atoms. The van der Waals surface area contributed by atoms with Crippen molar-refractivity contribution in [3.8, 4) is 0 Å². The van der Waals surface area contributed by atoms with Crippen LogP contribution in [0, 0.1) is 0 Å². The van der Waals surface area contributed by atoms with Gasteiger partial charge in [0.25, 0.3) is 0 Å². The lowest BCUT2D eigenvalue weighted by Gasteiger charge is -2.39. The van der Waals surface area contributed by atoms with E-state index in [9.17, 15) is 4.79 Å². The van der Waals surface area contributed by atoms with E-state index in [4.69, 9.17) is 4.74 Å². The van der Waals surface area contributed by atoms with E-state index in [1.807, 2.05) is 17.0 Å². The summed E-state index contributed by atoms with van der Waals surface area (Å²) in [5, 5.41) is 0. The van der Waals surface area contributed by atoms with Crippen molar-refractivity contribution in [2.24, 2.45) is 0 Å². The molecule has 3 rings (SSSR count). The molecule has 1 atom stereocenters. The molecule has 0 aromatic heterocycles. The molecule has 142 valence electrons. The normalized spacial score (nSPS) is 21.8. The summed E-state index contributed by atoms with van der Waals surface area (Å²) in [6.07, 6.45) is 7.89. The first-order valence-electron chi connectivity index (χ1n) is 10.0. The summed E-state index contributed by atoms with van der Waals surface area (Å²) in [6, 6.07) is 11.5. The van der Waals surface area contributed by atoms with Crippen molar-refractivity contribution >= 4 is 5.91 Å². The zero-order valence-electron chi connectivity index (χ0n) is 15.8. The molecule has 0 radical (unpaired) electrons. The van der Waals surface area contributed by atoms with Gasteiger partial charge < -0.3 is 9.64 Å². The van der Waals surface area contributed by atoms with Crippen LogP contribution in [0.3, 0.4) is 0 Å². The highest BCUT2D eigenvalue weighted by atomic mass is 16.5. The lowest BCUT2D eigenvalue weighted by Crippen LogP contribution is -2.49. The van der Waals surface area contributed by atoms with Crippen LogP contribution in [0.1, 0.15) is 44.1 Å². The summed E-state index contributed by atoms with van der Waals surface area (Å²) in [5.74, 6) is 0.285. The third-order valence-corrected chi connectivity index (χ3v) is 5.69. The molecule has 4 heteroatoms. The van der Waals surface area contributed by atoms with Crippen molar-refractivity contribution < 1.29 is 9.53 Å². The second-order valence-electron chi connectivity index (χ2n) is 7.47. The Morgan fingerprint density at radius 2 is 1.92 bits per heavy atom. The maximum absolute atomic E-state index is 12.2. The number of benzene rings is 1. The smallest absolute Gasteiger partial charge is 0.222 e. The van der Waals surface area contributed by atoms with E-state index < -0.39 is 0 Å². The van der Waals surface area contributed by atoms with Gasteiger partial charge in [-0.1, -0.05) is 36.4 Å². The summed E-state index contributed by atoms with van der Waals surface area (Å²) in [7, 11) is 0. The van der Waals surface area contributed by atoms with Crippen molar-refractivity contribution in [1.82, 2.24) is 9.80 Å². The van der Waals surface area contributed by atoms with E-state index in [1.54, 1.807) is 0 Å². The van der Waals surface area contributed by atoms with Crippen molar-refractivity contribution in [3.05, 3.63) is 48.6 Å². The molecule has 2 aliphatic rings. The molecule has 2 fully saturated rings. The Balaban J connectivity index is 1.42. The zero-order chi connectivity index (χ0) is 18.2. The Bertz CT molecular complexity index is 567. The standard InChI is InChI=1S/C22H32N2O2/c1-2-3-11-22(25)23-15-12-20(13-16-23)24-14-7-10-21(24)18-26-17-19-8-5-4-6-9-19/h2,4-6,8-9,20-21H,1,3,7,10-18H2/t21-/m1/s1. The number of hydrogen-bond donors (Lipinski definition) is 0. The van der Waals surface area contributed by atoms with Gasteiger partial charge in [-0.15, -0.1) is 6.58 Å². The van der Waals surface area contributed by atoms with E-state index in [0.717, 1.165) is 39.0 Å². The van der Waals surface area contributed by atoms with Gasteiger partial charge in [-0.2, -0.15) is 0 Å². The maximum Gasteiger partial charge on any atom is 0.222 e. The predicted molar refractivity (Wildman–Crippen MR) is 105 cm³/mol. The van der Waals surface area contributed by atoms with Crippen LogP contribution in [0.5, 0.6) is 0 Å². The van der Waals surface area contributed by atoms with Gasteiger partial charge in [0, 0.05) is 31.6 Å². The number of likely N-dealkylation sites (tertiary alicyclic amines) is 2. The van der Waals surface area contributed by atoms with Crippen LogP contribution in [0.4, 0.5) is 0 Å². The number of rotatable bonds is 8. The monoisotopic (exact) mass is 356 g/mol. The van der Waals surface area contributed by atoms with Crippen LogP contribution >= 0.6 is 0 Å². The number of carbonyl (C=O) groups excluding carboxylic acids is 1. The first kappa shape index (κ1) is 19.1. The minimum absolute atomic E-state index is 0.285. The molecule has 0 aliphatic carbocycles. The number of nitrogens with zero attached hydrogens (tertiary/aromatic N) is 2. The van der Waals surface area contributed by atoms with Gasteiger partial charge in [0.2, 0.25) is 5.91 Å². The lowest BCUT2D eigenvalue weighted by atomic mass is 10.0. The fourth-order valence-corrected chi connectivity index (χ4v) is 4.24. The molecular weight excluding hydrogens is 324 g/mol. The van der Waals surface area contributed by atoms with E-state index >= 15 is 0 Å². The zero-order valence-corrected chi connectivity index (χ0v) is 15.8. The van der Waals surface area contributed by atoms with Crippen molar-refractivity contribution in [1.29, 1.82) is 0 Å². The SMILES string of the molecule is C=CCCC(=O)N1CCC(N2CCC[C@@H]2COCc2ccccc2)CC1. The second-order valence-corrected chi connectivity index (χ2v) is 7.47. The number of amides is 1. The van der Waals surface area contributed by atoms with Crippen LogP contribution < -0.4 is 0 Å². The largest absolute Gasteiger partial charge is 0.375 e. The van der Waals surface area contributed by atoms with Gasteiger partial charge in [0.15, 0.2) is 0 Å². The van der Waals surface area contributed by atoms with Gasteiger partial charge >= 0.3 is 0 Å². The molecular formula is C22H32N2O2. The third-order valence-electron chi connectivity index (χ3n) is 5.69. The fraction of sp³-hybridized carbons (Fsp3) is 0.591. The van der Waals surface area contributed by atoms with E-state index in [1.165, 1.54) is 24.9 Å². The van der Waals surface area contributed by atoms with Crippen LogP contribution in [0.25, 0.3) is 0 Å². The van der Waals surface area contributed by atoms with Crippen LogP contribution in [-0.2, 0) is 16.1 Å². The number of carbonyl (C=O) groups is 1. The molecule has 2 saturated heterocycles. The van der Waals surface area contributed by atoms with E-state index in [2.05, 4.69) is 35.7 Å². The Hall–Kier alpha value is -1.65. The predicted octanol–water partition coefficient (Wildman–Crippen LogP) is 3.62. The van der Waals surface area contributed by atoms with E-state index in [0.29, 0.717) is 25.1 Å². The molecule has 2 heterocycles. The Kier molecular flexibility index (Phi) is 7.27. The van der Waals surface area contributed by atoms with Gasteiger partial charge in [-0.3, -0.25) is 9.69 Å². The average Bonchev–Trinajstić information content (AvgIpc) is 3.15. The Labute approximate surface area is 157 Å². The summed E-state index contributed by atoms with van der Waals surface area (Å²) < 4.78 is 6.01. The number of piperidine rings is 1. The molecule has 1 aromatic carbocycles. The highest BCUT2D eigenvalue weighted by Gasteiger charge is 2.33. The van der Waals surface area contributed by atoms with Crippen molar-refractivity contribution in [3.63, 3.8) is 0 Å². The minimum atomic E-state index is 0.285. The summed E-state index contributed by atoms with van der Waals surface area (Å²) in [6.45, 7) is 8.18. The fourth-order valence-electron chi connectivity index (χ4n) is 4.24. The Morgan fingerprint density at radius 1 is 1.15 bits per heavy atom. The summed E-state index contributed by atoms with van der Waals surface area (Å²) >= 11 is 0. The van der Waals surface area contributed by atoms with Gasteiger partial charge in [0.1, 0.15) is 0 Å². The quantitative estimate of drug-likeness (QED) is 0.667. The van der Waals surface area contributed by atoms with Crippen LogP contribution in [0.2, 0.25) is 0 Å². The topological polar surface area (TPSA) is 32.8 Å². The first-order chi connectivity index (χ1) is 12.8. The van der Waals surface area contributed by atoms with Gasteiger partial charge in [-0.25, -0.2) is 0 Å². The van der Waals surface area contributed by atoms with Gasteiger partial charge in [-0.05, 0) is 44.2 Å². The molecule has 0 saturated carbocycles. The molecule has 26 heavy (non-hydrogen) atoms. The summed E-state index contributed by atoms with van der Waals surface area (Å²) in [5.41, 5.74) is 1.24.